The third kappa shape index (κ3) is 2.79. The predicted molar refractivity (Wildman–Crippen MR) is 96.1 cm³/mol. The van der Waals surface area contributed by atoms with Crippen molar-refractivity contribution in [3.63, 3.8) is 0 Å². The molecule has 1 heterocycles. The van der Waals surface area contributed by atoms with Crippen molar-refractivity contribution in [1.82, 2.24) is 4.90 Å². The van der Waals surface area contributed by atoms with Gasteiger partial charge in [-0.2, -0.15) is 0 Å². The van der Waals surface area contributed by atoms with Crippen molar-refractivity contribution in [3.05, 3.63) is 65.2 Å². The van der Waals surface area contributed by atoms with Gasteiger partial charge in [-0.25, -0.2) is 0 Å². The maximum atomic E-state index is 12.6. The Balaban J connectivity index is 2.21. The normalized spacial score (nSPS) is 18.9. The third-order valence-corrected chi connectivity index (χ3v) is 4.46. The average molecular weight is 353 g/mol. The van der Waals surface area contributed by atoms with Crippen LogP contribution >= 0.6 is 0 Å². The zero-order valence-corrected chi connectivity index (χ0v) is 14.7. The van der Waals surface area contributed by atoms with E-state index < -0.39 is 17.7 Å². The van der Waals surface area contributed by atoms with Gasteiger partial charge in [-0.05, 0) is 12.1 Å². The summed E-state index contributed by atoms with van der Waals surface area (Å²) < 4.78 is 10.6. The van der Waals surface area contributed by atoms with Crippen LogP contribution in [0, 0.1) is 0 Å². The quantitative estimate of drug-likeness (QED) is 0.520. The zero-order valence-electron chi connectivity index (χ0n) is 14.7. The number of ketones is 1. The Morgan fingerprint density at radius 3 is 2.35 bits per heavy atom. The Kier molecular flexibility index (Phi) is 4.67. The van der Waals surface area contributed by atoms with Crippen molar-refractivity contribution in [2.45, 2.75) is 6.04 Å². The van der Waals surface area contributed by atoms with E-state index in [1.807, 2.05) is 0 Å². The first-order valence-corrected chi connectivity index (χ1v) is 8.01. The average Bonchev–Trinajstić information content (AvgIpc) is 2.91. The highest BCUT2D eigenvalue weighted by Crippen LogP contribution is 2.42. The van der Waals surface area contributed by atoms with Crippen molar-refractivity contribution in [2.24, 2.45) is 0 Å². The summed E-state index contributed by atoms with van der Waals surface area (Å²) in [6.45, 7) is 0. The van der Waals surface area contributed by atoms with Crippen molar-refractivity contribution >= 4 is 17.4 Å². The van der Waals surface area contributed by atoms with E-state index in [1.165, 1.54) is 26.2 Å². The summed E-state index contributed by atoms with van der Waals surface area (Å²) in [5.74, 6) is -0.568. The SMILES string of the molecule is COc1ccc([C@H]2C(=C(O)c3ccccc3)C(=O)C(=O)N2C)c(OC)c1. The highest BCUT2D eigenvalue weighted by atomic mass is 16.5. The molecule has 1 saturated heterocycles. The number of aliphatic hydroxyl groups excluding tert-OH is 1. The number of hydrogen-bond acceptors (Lipinski definition) is 5. The molecule has 26 heavy (non-hydrogen) atoms. The number of ether oxygens (including phenoxy) is 2. The van der Waals surface area contributed by atoms with E-state index >= 15 is 0 Å². The molecule has 2 aromatic carbocycles. The molecular formula is C20H19NO5. The molecule has 6 nitrogen and oxygen atoms in total. The van der Waals surface area contributed by atoms with Crippen LogP contribution in [-0.2, 0) is 9.59 Å². The first-order valence-electron chi connectivity index (χ1n) is 8.01. The molecular weight excluding hydrogens is 334 g/mol. The minimum atomic E-state index is -0.754. The molecule has 0 bridgehead atoms. The lowest BCUT2D eigenvalue weighted by atomic mass is 9.94. The summed E-state index contributed by atoms with van der Waals surface area (Å²) in [4.78, 5) is 26.2. The molecule has 1 atom stereocenters. The highest BCUT2D eigenvalue weighted by molar-refractivity contribution is 6.46. The van der Waals surface area contributed by atoms with E-state index in [9.17, 15) is 14.7 Å². The number of Topliss-reactive ketones (excluding diaryl/α,β-unsaturated/α-hetero) is 1. The van der Waals surface area contributed by atoms with Crippen LogP contribution in [0.4, 0.5) is 0 Å². The third-order valence-electron chi connectivity index (χ3n) is 4.46. The Labute approximate surface area is 151 Å². The number of carbonyl (C=O) groups is 2. The Hall–Kier alpha value is -3.28. The van der Waals surface area contributed by atoms with Gasteiger partial charge in [0.1, 0.15) is 17.3 Å². The summed E-state index contributed by atoms with van der Waals surface area (Å²) in [5.41, 5.74) is 1.09. The van der Waals surface area contributed by atoms with Crippen molar-refractivity contribution in [2.75, 3.05) is 21.3 Å². The van der Waals surface area contributed by atoms with Gasteiger partial charge in [0, 0.05) is 24.2 Å². The summed E-state index contributed by atoms with van der Waals surface area (Å²) >= 11 is 0. The number of methoxy groups -OCH3 is 2. The molecule has 3 rings (SSSR count). The number of nitrogens with zero attached hydrogens (tertiary/aromatic N) is 1. The van der Waals surface area contributed by atoms with Crippen LogP contribution in [0.25, 0.3) is 5.76 Å². The molecule has 134 valence electrons. The molecule has 0 aliphatic carbocycles. The Morgan fingerprint density at radius 1 is 1.04 bits per heavy atom. The molecule has 1 amide bonds. The molecule has 2 aromatic rings. The largest absolute Gasteiger partial charge is 0.507 e. The molecule has 1 aliphatic rings. The van der Waals surface area contributed by atoms with Crippen molar-refractivity contribution < 1.29 is 24.2 Å². The maximum Gasteiger partial charge on any atom is 0.295 e. The minimum Gasteiger partial charge on any atom is -0.507 e. The topological polar surface area (TPSA) is 76.1 Å². The van der Waals surface area contributed by atoms with E-state index in [4.69, 9.17) is 9.47 Å². The zero-order chi connectivity index (χ0) is 18.8. The Bertz CT molecular complexity index is 888. The lowest BCUT2D eigenvalue weighted by Crippen LogP contribution is -2.25. The number of amides is 1. The first-order chi connectivity index (χ1) is 12.5. The van der Waals surface area contributed by atoms with Gasteiger partial charge < -0.3 is 19.5 Å². The standard InChI is InChI=1S/C20H19NO5/c1-21-17(14-10-9-13(25-2)11-15(14)26-3)16(19(23)20(21)24)18(22)12-7-5-4-6-8-12/h4-11,17,22H,1-3H3/t17-/m0/s1. The number of aliphatic hydroxyl groups is 1. The molecule has 0 spiro atoms. The molecule has 6 heteroatoms. The molecule has 1 N–H and O–H groups in total. The van der Waals surface area contributed by atoms with E-state index in [-0.39, 0.29) is 11.3 Å². The highest BCUT2D eigenvalue weighted by Gasteiger charge is 2.45. The van der Waals surface area contributed by atoms with E-state index in [2.05, 4.69) is 0 Å². The van der Waals surface area contributed by atoms with E-state index in [0.29, 0.717) is 22.6 Å². The number of likely N-dealkylation sites (N-methyl/N-ethyl adjacent to an activating group) is 1. The predicted octanol–water partition coefficient (Wildman–Crippen LogP) is 2.76. The van der Waals surface area contributed by atoms with E-state index in [1.54, 1.807) is 48.5 Å². The molecule has 0 saturated carbocycles. The number of rotatable bonds is 4. The second kappa shape index (κ2) is 6.92. The number of likely N-dealkylation sites (tertiary alicyclic amines) is 1. The number of carbonyl (C=O) groups excluding carboxylic acids is 2. The number of benzene rings is 2. The first kappa shape index (κ1) is 17.5. The van der Waals surface area contributed by atoms with Gasteiger partial charge in [0.2, 0.25) is 0 Å². The van der Waals surface area contributed by atoms with Crippen LogP contribution in [0.3, 0.4) is 0 Å². The summed E-state index contributed by atoms with van der Waals surface area (Å²) in [6, 6.07) is 13.0. The minimum absolute atomic E-state index is 0.0344. The summed E-state index contributed by atoms with van der Waals surface area (Å²) in [6.07, 6.45) is 0. The van der Waals surface area contributed by atoms with Crippen LogP contribution in [-0.4, -0.2) is 43.0 Å². The van der Waals surface area contributed by atoms with Crippen molar-refractivity contribution in [1.29, 1.82) is 0 Å². The van der Waals surface area contributed by atoms with Gasteiger partial charge in [0.15, 0.2) is 0 Å². The van der Waals surface area contributed by atoms with Gasteiger partial charge in [0.25, 0.3) is 11.7 Å². The van der Waals surface area contributed by atoms with Crippen molar-refractivity contribution in [3.8, 4) is 11.5 Å². The fourth-order valence-corrected chi connectivity index (χ4v) is 3.11. The van der Waals surface area contributed by atoms with Gasteiger partial charge in [-0.1, -0.05) is 30.3 Å². The molecule has 1 fully saturated rings. The lowest BCUT2D eigenvalue weighted by Gasteiger charge is -2.23. The van der Waals surface area contributed by atoms with E-state index in [0.717, 1.165) is 0 Å². The van der Waals surface area contributed by atoms with Gasteiger partial charge in [-0.15, -0.1) is 0 Å². The number of hydrogen-bond donors (Lipinski definition) is 1. The maximum absolute atomic E-state index is 12.6. The van der Waals surface area contributed by atoms with Gasteiger partial charge >= 0.3 is 0 Å². The van der Waals surface area contributed by atoms with Crippen LogP contribution < -0.4 is 9.47 Å². The Morgan fingerprint density at radius 2 is 1.73 bits per heavy atom. The fraction of sp³-hybridized carbons (Fsp3) is 0.200. The van der Waals surface area contributed by atoms with Crippen LogP contribution in [0.5, 0.6) is 11.5 Å². The lowest BCUT2D eigenvalue weighted by molar-refractivity contribution is -0.139. The molecule has 0 radical (unpaired) electrons. The molecule has 0 unspecified atom stereocenters. The van der Waals surface area contributed by atoms with Crippen LogP contribution in [0.15, 0.2) is 54.1 Å². The fourth-order valence-electron chi connectivity index (χ4n) is 3.11. The smallest absolute Gasteiger partial charge is 0.295 e. The van der Waals surface area contributed by atoms with Crippen LogP contribution in [0.2, 0.25) is 0 Å². The monoisotopic (exact) mass is 353 g/mol. The second-order valence-electron chi connectivity index (χ2n) is 5.88. The summed E-state index contributed by atoms with van der Waals surface area (Å²) in [7, 11) is 4.56. The molecule has 0 aromatic heterocycles. The van der Waals surface area contributed by atoms with Crippen LogP contribution in [0.1, 0.15) is 17.2 Å². The van der Waals surface area contributed by atoms with Gasteiger partial charge in [-0.3, -0.25) is 9.59 Å². The second-order valence-corrected chi connectivity index (χ2v) is 5.88. The van der Waals surface area contributed by atoms with Gasteiger partial charge in [0.05, 0.1) is 25.8 Å². The summed E-state index contributed by atoms with van der Waals surface area (Å²) in [5, 5.41) is 10.7. The molecule has 1 aliphatic heterocycles.